The fourth-order valence-electron chi connectivity index (χ4n) is 0. The molecular formula is CHGeNO. The van der Waals surface area contributed by atoms with E-state index in [9.17, 15) is 0 Å². The van der Waals surface area contributed by atoms with Crippen molar-refractivity contribution in [2.24, 2.45) is 0 Å². The number of hydrogen-bond donors (Lipinski definition) is 1. The summed E-state index contributed by atoms with van der Waals surface area (Å²) >= 11 is 0. The maximum atomic E-state index is 8.35. The SMILES string of the molecule is N=C=O.[Ge]. The van der Waals surface area contributed by atoms with Gasteiger partial charge in [0.15, 0.2) is 0 Å². The summed E-state index contributed by atoms with van der Waals surface area (Å²) in [6.45, 7) is 0. The van der Waals surface area contributed by atoms with E-state index < -0.39 is 0 Å². The van der Waals surface area contributed by atoms with Crippen molar-refractivity contribution in [3.63, 3.8) is 0 Å². The van der Waals surface area contributed by atoms with Crippen molar-refractivity contribution in [1.82, 2.24) is 0 Å². The molecule has 0 saturated carbocycles. The third-order valence-electron chi connectivity index (χ3n) is 0. The summed E-state index contributed by atoms with van der Waals surface area (Å²) in [6.07, 6.45) is 0.750. The van der Waals surface area contributed by atoms with Crippen LogP contribution in [0, 0.1) is 5.41 Å². The number of nitrogens with one attached hydrogen (secondary N) is 1. The molecule has 0 spiro atoms. The molecule has 2 nitrogen and oxygen atoms in total. The van der Waals surface area contributed by atoms with Crippen LogP contribution < -0.4 is 0 Å². The number of rotatable bonds is 0. The van der Waals surface area contributed by atoms with Gasteiger partial charge in [-0.05, 0) is 0 Å². The summed E-state index contributed by atoms with van der Waals surface area (Å²) in [5, 5.41) is 5.40. The quantitative estimate of drug-likeness (QED) is 0.259. The van der Waals surface area contributed by atoms with Crippen LogP contribution in [0.15, 0.2) is 0 Å². The third-order valence-corrected chi connectivity index (χ3v) is 0. The van der Waals surface area contributed by atoms with Crippen LogP contribution in [0.3, 0.4) is 0 Å². The zero-order valence-electron chi connectivity index (χ0n) is 1.91. The molecule has 3 heteroatoms. The summed E-state index contributed by atoms with van der Waals surface area (Å²) in [5.41, 5.74) is 0. The monoisotopic (exact) mass is 117 g/mol. The number of hydrogen-bond acceptors (Lipinski definition) is 2. The minimum Gasteiger partial charge on any atom is -0.222 e. The van der Waals surface area contributed by atoms with Crippen molar-refractivity contribution in [2.45, 2.75) is 0 Å². The average molecular weight is 116 g/mol. The van der Waals surface area contributed by atoms with Gasteiger partial charge in [-0.3, -0.25) is 0 Å². The van der Waals surface area contributed by atoms with Gasteiger partial charge in [-0.1, -0.05) is 0 Å². The maximum absolute atomic E-state index is 8.35. The first-order chi connectivity index (χ1) is 1.41. The smallest absolute Gasteiger partial charge is 0.222 e. The molecule has 4 radical (unpaired) electrons. The van der Waals surface area contributed by atoms with Crippen LogP contribution in [0.25, 0.3) is 0 Å². The van der Waals surface area contributed by atoms with Gasteiger partial charge in [-0.25, -0.2) is 10.2 Å². The topological polar surface area (TPSA) is 40.9 Å². The normalized spacial score (nSPS) is 2.00. The molecule has 0 fully saturated rings. The molecule has 0 aliphatic heterocycles. The Morgan fingerprint density at radius 2 is 1.75 bits per heavy atom. The van der Waals surface area contributed by atoms with Crippen molar-refractivity contribution in [2.75, 3.05) is 0 Å². The van der Waals surface area contributed by atoms with E-state index in [0.717, 1.165) is 6.08 Å². The van der Waals surface area contributed by atoms with Crippen molar-refractivity contribution in [1.29, 1.82) is 5.41 Å². The van der Waals surface area contributed by atoms with E-state index in [1.54, 1.807) is 0 Å². The summed E-state index contributed by atoms with van der Waals surface area (Å²) in [5.74, 6) is 0. The molecule has 4 heavy (non-hydrogen) atoms. The molecule has 1 N–H and O–H groups in total. The summed E-state index contributed by atoms with van der Waals surface area (Å²) < 4.78 is 0. The Morgan fingerprint density at radius 3 is 1.75 bits per heavy atom. The van der Waals surface area contributed by atoms with E-state index in [4.69, 9.17) is 10.2 Å². The zero-order valence-corrected chi connectivity index (χ0v) is 4.01. The van der Waals surface area contributed by atoms with E-state index in [2.05, 4.69) is 0 Å². The van der Waals surface area contributed by atoms with Crippen LogP contribution >= 0.6 is 0 Å². The molecule has 0 aliphatic carbocycles. The Hall–Kier alpha value is -0.0771. The Kier molecular flexibility index (Phi) is 28.8. The van der Waals surface area contributed by atoms with Crippen LogP contribution in [0.1, 0.15) is 0 Å². The molecule has 0 amide bonds. The van der Waals surface area contributed by atoms with E-state index >= 15 is 0 Å². The Morgan fingerprint density at radius 1 is 1.75 bits per heavy atom. The zero-order chi connectivity index (χ0) is 2.71. The molecule has 0 aromatic heterocycles. The third kappa shape index (κ3) is 275. The summed E-state index contributed by atoms with van der Waals surface area (Å²) in [6, 6.07) is 0. The first kappa shape index (κ1) is 9.06. The number of isocyanates is 1. The van der Waals surface area contributed by atoms with E-state index in [-0.39, 0.29) is 17.6 Å². The van der Waals surface area contributed by atoms with Crippen molar-refractivity contribution in [3.05, 3.63) is 0 Å². The standard InChI is InChI=1S/CHNO.Ge/c2-1-3;/h2H;. The Labute approximate surface area is 34.7 Å². The molecule has 0 atom stereocenters. The van der Waals surface area contributed by atoms with Crippen molar-refractivity contribution in [3.8, 4) is 0 Å². The van der Waals surface area contributed by atoms with Crippen LogP contribution in [-0.4, -0.2) is 23.7 Å². The summed E-state index contributed by atoms with van der Waals surface area (Å²) in [4.78, 5) is 8.35. The van der Waals surface area contributed by atoms with Crippen molar-refractivity contribution < 1.29 is 4.79 Å². The van der Waals surface area contributed by atoms with Gasteiger partial charge in [0, 0.05) is 17.6 Å². The van der Waals surface area contributed by atoms with E-state index in [1.807, 2.05) is 0 Å². The molecule has 0 rings (SSSR count). The molecule has 0 aromatic carbocycles. The van der Waals surface area contributed by atoms with Crippen LogP contribution in [0.2, 0.25) is 0 Å². The molecule has 20 valence electrons. The van der Waals surface area contributed by atoms with E-state index in [0.29, 0.717) is 0 Å². The minimum atomic E-state index is 0. The second-order valence-corrected chi connectivity index (χ2v) is 0.102. The Balaban J connectivity index is 0. The first-order valence-electron chi connectivity index (χ1n) is 0.454. The predicted octanol–water partition coefficient (Wildman–Crippen LogP) is -0.480. The Bertz CT molecular complexity index is 29.0. The van der Waals surface area contributed by atoms with Crippen LogP contribution in [0.5, 0.6) is 0 Å². The minimum absolute atomic E-state index is 0. The molecule has 0 bridgehead atoms. The van der Waals surface area contributed by atoms with Gasteiger partial charge in [0.2, 0.25) is 6.08 Å². The molecule has 0 aliphatic rings. The van der Waals surface area contributed by atoms with Gasteiger partial charge in [0.1, 0.15) is 0 Å². The fourth-order valence-corrected chi connectivity index (χ4v) is 0. The molecular weight excluding hydrogens is 115 g/mol. The molecule has 0 heterocycles. The second kappa shape index (κ2) is 12.7. The van der Waals surface area contributed by atoms with Crippen molar-refractivity contribution >= 4 is 23.7 Å². The van der Waals surface area contributed by atoms with Gasteiger partial charge < -0.3 is 0 Å². The molecule has 0 saturated heterocycles. The maximum Gasteiger partial charge on any atom is 0.231 e. The van der Waals surface area contributed by atoms with Crippen LogP contribution in [-0.2, 0) is 4.79 Å². The largest absolute Gasteiger partial charge is 0.231 e. The predicted molar refractivity (Wildman–Crippen MR) is 14.2 cm³/mol. The average Bonchev–Trinajstić information content (AvgIpc) is 0.918. The van der Waals surface area contributed by atoms with Crippen LogP contribution in [0.4, 0.5) is 0 Å². The molecule has 0 aromatic rings. The number of carbonyl (C=O) groups excluding carboxylic acids is 1. The van der Waals surface area contributed by atoms with Gasteiger partial charge in [-0.15, -0.1) is 0 Å². The fraction of sp³-hybridized carbons (Fsp3) is 0. The van der Waals surface area contributed by atoms with E-state index in [1.165, 1.54) is 0 Å². The first-order valence-corrected chi connectivity index (χ1v) is 0.454. The summed E-state index contributed by atoms with van der Waals surface area (Å²) in [7, 11) is 0. The molecule has 0 unspecified atom stereocenters. The van der Waals surface area contributed by atoms with Gasteiger partial charge in [0.05, 0.1) is 0 Å². The second-order valence-electron chi connectivity index (χ2n) is 0.102. The van der Waals surface area contributed by atoms with Gasteiger partial charge in [0.25, 0.3) is 0 Å². The van der Waals surface area contributed by atoms with Gasteiger partial charge >= 0.3 is 0 Å². The van der Waals surface area contributed by atoms with Gasteiger partial charge in [-0.2, -0.15) is 0 Å².